The molecule has 0 aromatic heterocycles. The van der Waals surface area contributed by atoms with Crippen molar-refractivity contribution in [2.45, 2.75) is 13.3 Å². The van der Waals surface area contributed by atoms with Gasteiger partial charge in [0.25, 0.3) is 0 Å². The van der Waals surface area contributed by atoms with E-state index in [0.29, 0.717) is 13.1 Å². The van der Waals surface area contributed by atoms with Crippen LogP contribution in [0, 0.1) is 0 Å². The molecular weight excluding hydrogens is 338 g/mol. The number of hydrogen-bond donors (Lipinski definition) is 2. The standard InChI is InChI=1S/C21H27N5O/c1-2-17-7-6-8-18(15-17)24-21(22)23-16-20(27)26-13-11-25(12-14-26)19-9-4-3-5-10-19/h3-10,15H,2,11-14,16H2,1H3,(H3,22,23,24). The third-order valence-electron chi connectivity index (χ3n) is 4.75. The second kappa shape index (κ2) is 9.07. The molecule has 2 aromatic rings. The summed E-state index contributed by atoms with van der Waals surface area (Å²) in [6, 6.07) is 18.3. The van der Waals surface area contributed by atoms with Crippen LogP contribution >= 0.6 is 0 Å². The number of carbonyl (C=O) groups is 1. The van der Waals surface area contributed by atoms with E-state index in [9.17, 15) is 4.79 Å². The monoisotopic (exact) mass is 365 g/mol. The lowest BCUT2D eigenvalue weighted by atomic mass is 10.1. The number of aliphatic imine (C=N–C) groups is 1. The number of piperazine rings is 1. The van der Waals surface area contributed by atoms with Gasteiger partial charge in [0, 0.05) is 37.6 Å². The Hall–Kier alpha value is -3.02. The van der Waals surface area contributed by atoms with E-state index in [4.69, 9.17) is 5.73 Å². The van der Waals surface area contributed by atoms with Crippen molar-refractivity contribution in [1.82, 2.24) is 4.90 Å². The fourth-order valence-corrected chi connectivity index (χ4v) is 3.16. The van der Waals surface area contributed by atoms with Gasteiger partial charge < -0.3 is 20.9 Å². The number of benzene rings is 2. The van der Waals surface area contributed by atoms with E-state index in [1.807, 2.05) is 41.3 Å². The molecule has 0 spiro atoms. The van der Waals surface area contributed by atoms with E-state index in [1.54, 1.807) is 0 Å². The summed E-state index contributed by atoms with van der Waals surface area (Å²) in [6.07, 6.45) is 0.958. The molecule has 27 heavy (non-hydrogen) atoms. The number of nitrogens with two attached hydrogens (primary N) is 1. The predicted octanol–water partition coefficient (Wildman–Crippen LogP) is 2.32. The highest BCUT2D eigenvalue weighted by molar-refractivity contribution is 5.94. The SMILES string of the molecule is CCc1cccc(NC(N)=NCC(=O)N2CCN(c3ccccc3)CC2)c1. The quantitative estimate of drug-likeness (QED) is 0.630. The summed E-state index contributed by atoms with van der Waals surface area (Å²) in [4.78, 5) is 20.8. The lowest BCUT2D eigenvalue weighted by molar-refractivity contribution is -0.129. The van der Waals surface area contributed by atoms with Crippen LogP contribution in [0.25, 0.3) is 0 Å². The van der Waals surface area contributed by atoms with Gasteiger partial charge in [0.2, 0.25) is 5.91 Å². The molecule has 0 saturated carbocycles. The Morgan fingerprint density at radius 3 is 2.52 bits per heavy atom. The van der Waals surface area contributed by atoms with E-state index in [2.05, 4.69) is 40.3 Å². The molecule has 0 bridgehead atoms. The normalized spacial score (nSPS) is 14.9. The second-order valence-electron chi connectivity index (χ2n) is 6.58. The molecule has 3 rings (SSSR count). The topological polar surface area (TPSA) is 74.0 Å². The minimum Gasteiger partial charge on any atom is -0.370 e. The molecule has 1 aliphatic rings. The summed E-state index contributed by atoms with van der Waals surface area (Å²) in [5, 5.41) is 3.05. The van der Waals surface area contributed by atoms with Crippen LogP contribution < -0.4 is 16.0 Å². The van der Waals surface area contributed by atoms with Gasteiger partial charge in [-0.1, -0.05) is 37.3 Å². The Morgan fingerprint density at radius 2 is 1.81 bits per heavy atom. The number of aryl methyl sites for hydroxylation is 1. The van der Waals surface area contributed by atoms with Crippen molar-refractivity contribution < 1.29 is 4.79 Å². The number of nitrogens with zero attached hydrogens (tertiary/aromatic N) is 3. The molecule has 3 N–H and O–H groups in total. The van der Waals surface area contributed by atoms with Crippen molar-refractivity contribution in [3.05, 3.63) is 60.2 Å². The van der Waals surface area contributed by atoms with Gasteiger partial charge in [-0.15, -0.1) is 0 Å². The number of carbonyl (C=O) groups excluding carboxylic acids is 1. The zero-order chi connectivity index (χ0) is 19.1. The maximum absolute atomic E-state index is 12.4. The van der Waals surface area contributed by atoms with Gasteiger partial charge in [-0.05, 0) is 36.2 Å². The van der Waals surface area contributed by atoms with Crippen LogP contribution in [0.4, 0.5) is 11.4 Å². The number of amides is 1. The lowest BCUT2D eigenvalue weighted by Crippen LogP contribution is -2.49. The number of rotatable bonds is 5. The molecule has 1 heterocycles. The largest absolute Gasteiger partial charge is 0.370 e. The number of nitrogens with one attached hydrogen (secondary N) is 1. The van der Waals surface area contributed by atoms with Gasteiger partial charge in [-0.25, -0.2) is 4.99 Å². The van der Waals surface area contributed by atoms with Crippen molar-refractivity contribution in [1.29, 1.82) is 0 Å². The molecule has 0 unspecified atom stereocenters. The molecule has 1 amide bonds. The highest BCUT2D eigenvalue weighted by atomic mass is 16.2. The van der Waals surface area contributed by atoms with Crippen LogP contribution in [0.2, 0.25) is 0 Å². The third-order valence-corrected chi connectivity index (χ3v) is 4.75. The molecule has 1 saturated heterocycles. The summed E-state index contributed by atoms with van der Waals surface area (Å²) < 4.78 is 0. The highest BCUT2D eigenvalue weighted by Gasteiger charge is 2.20. The molecule has 6 heteroatoms. The smallest absolute Gasteiger partial charge is 0.244 e. The lowest BCUT2D eigenvalue weighted by Gasteiger charge is -2.35. The average Bonchev–Trinajstić information content (AvgIpc) is 2.73. The van der Waals surface area contributed by atoms with Gasteiger partial charge in [0.15, 0.2) is 5.96 Å². The minimum atomic E-state index is 0.00905. The Morgan fingerprint density at radius 1 is 1.07 bits per heavy atom. The molecular formula is C21H27N5O. The van der Waals surface area contributed by atoms with Crippen LogP contribution in [0.5, 0.6) is 0 Å². The van der Waals surface area contributed by atoms with Crippen molar-refractivity contribution in [2.75, 3.05) is 42.9 Å². The van der Waals surface area contributed by atoms with Gasteiger partial charge in [0.05, 0.1) is 0 Å². The number of hydrogen-bond acceptors (Lipinski definition) is 3. The van der Waals surface area contributed by atoms with Crippen molar-refractivity contribution in [2.24, 2.45) is 10.7 Å². The third kappa shape index (κ3) is 5.23. The van der Waals surface area contributed by atoms with E-state index in [0.717, 1.165) is 25.2 Å². The fourth-order valence-electron chi connectivity index (χ4n) is 3.16. The Balaban J connectivity index is 1.48. The first-order valence-corrected chi connectivity index (χ1v) is 9.39. The van der Waals surface area contributed by atoms with E-state index >= 15 is 0 Å². The molecule has 6 nitrogen and oxygen atoms in total. The Kier molecular flexibility index (Phi) is 6.30. The molecule has 1 aliphatic heterocycles. The summed E-state index contributed by atoms with van der Waals surface area (Å²) >= 11 is 0. The van der Waals surface area contributed by atoms with Crippen LogP contribution in [0.15, 0.2) is 59.6 Å². The number of para-hydroxylation sites is 1. The molecule has 2 aromatic carbocycles. The maximum atomic E-state index is 12.4. The Labute approximate surface area is 160 Å². The minimum absolute atomic E-state index is 0.00905. The van der Waals surface area contributed by atoms with Crippen LogP contribution in [-0.2, 0) is 11.2 Å². The molecule has 0 aliphatic carbocycles. The van der Waals surface area contributed by atoms with E-state index in [1.165, 1.54) is 11.3 Å². The van der Waals surface area contributed by atoms with Gasteiger partial charge in [-0.3, -0.25) is 4.79 Å². The fraction of sp³-hybridized carbons (Fsp3) is 0.333. The van der Waals surface area contributed by atoms with Gasteiger partial charge in [0.1, 0.15) is 6.54 Å². The second-order valence-corrected chi connectivity index (χ2v) is 6.58. The van der Waals surface area contributed by atoms with Crippen LogP contribution in [0.3, 0.4) is 0 Å². The zero-order valence-electron chi connectivity index (χ0n) is 15.8. The summed E-state index contributed by atoms with van der Waals surface area (Å²) in [7, 11) is 0. The first-order chi connectivity index (χ1) is 13.2. The van der Waals surface area contributed by atoms with Gasteiger partial charge in [-0.2, -0.15) is 0 Å². The molecule has 0 radical (unpaired) electrons. The van der Waals surface area contributed by atoms with Crippen LogP contribution in [-0.4, -0.2) is 49.5 Å². The first-order valence-electron chi connectivity index (χ1n) is 9.39. The van der Waals surface area contributed by atoms with E-state index < -0.39 is 0 Å². The summed E-state index contributed by atoms with van der Waals surface area (Å²) in [5.74, 6) is 0.272. The van der Waals surface area contributed by atoms with E-state index in [-0.39, 0.29) is 18.4 Å². The Bertz CT molecular complexity index is 782. The number of guanidine groups is 1. The highest BCUT2D eigenvalue weighted by Crippen LogP contribution is 2.15. The molecule has 0 atom stereocenters. The number of anilines is 2. The maximum Gasteiger partial charge on any atom is 0.244 e. The predicted molar refractivity (Wildman–Crippen MR) is 111 cm³/mol. The van der Waals surface area contributed by atoms with Crippen molar-refractivity contribution >= 4 is 23.2 Å². The van der Waals surface area contributed by atoms with Crippen LogP contribution in [0.1, 0.15) is 12.5 Å². The van der Waals surface area contributed by atoms with Crippen molar-refractivity contribution in [3.63, 3.8) is 0 Å². The molecule has 1 fully saturated rings. The van der Waals surface area contributed by atoms with Gasteiger partial charge >= 0.3 is 0 Å². The summed E-state index contributed by atoms with van der Waals surface area (Å²) in [5.41, 5.74) is 9.24. The molecule has 142 valence electrons. The summed E-state index contributed by atoms with van der Waals surface area (Å²) in [6.45, 7) is 5.24. The van der Waals surface area contributed by atoms with Crippen molar-refractivity contribution in [3.8, 4) is 0 Å². The first kappa shape index (κ1) is 18.8. The zero-order valence-corrected chi connectivity index (χ0v) is 15.8. The average molecular weight is 365 g/mol.